The molecule has 1 aliphatic carbocycles. The molecular formula is C17H17N5O2S. The number of thiazole rings is 1. The third kappa shape index (κ3) is 3.30. The molecule has 0 saturated heterocycles. The number of nitrogens with zero attached hydrogens (tertiary/aromatic N) is 5. The highest BCUT2D eigenvalue weighted by Crippen LogP contribution is 2.34. The summed E-state index contributed by atoms with van der Waals surface area (Å²) >= 11 is 1.72. The third-order valence-corrected chi connectivity index (χ3v) is 5.58. The topological polar surface area (TPSA) is 85.0 Å². The van der Waals surface area contributed by atoms with Crippen molar-refractivity contribution < 1.29 is 9.32 Å². The number of rotatable bonds is 4. The van der Waals surface area contributed by atoms with Crippen molar-refractivity contribution in [3.63, 3.8) is 0 Å². The zero-order valence-corrected chi connectivity index (χ0v) is 14.6. The Morgan fingerprint density at radius 2 is 2.24 bits per heavy atom. The average Bonchev–Trinajstić information content (AvgIpc) is 3.30. The smallest absolute Gasteiger partial charge is 0.226 e. The van der Waals surface area contributed by atoms with Crippen molar-refractivity contribution in [2.24, 2.45) is 5.92 Å². The van der Waals surface area contributed by atoms with Crippen LogP contribution in [0.5, 0.6) is 0 Å². The maximum Gasteiger partial charge on any atom is 0.226 e. The van der Waals surface area contributed by atoms with Crippen LogP contribution in [0.4, 0.5) is 0 Å². The van der Waals surface area contributed by atoms with Crippen molar-refractivity contribution in [2.45, 2.75) is 25.8 Å². The number of aryl methyl sites for hydroxylation is 1. The molecule has 0 saturated carbocycles. The second-order valence-electron chi connectivity index (χ2n) is 6.11. The molecule has 0 fully saturated rings. The molecule has 3 aromatic heterocycles. The van der Waals surface area contributed by atoms with Crippen LogP contribution in [0.25, 0.3) is 10.6 Å². The molecule has 128 valence electrons. The minimum Gasteiger partial charge on any atom is -0.343 e. The largest absolute Gasteiger partial charge is 0.343 e. The molecule has 0 aliphatic heterocycles. The van der Waals surface area contributed by atoms with Gasteiger partial charge in [-0.15, -0.1) is 11.3 Å². The van der Waals surface area contributed by atoms with Gasteiger partial charge in [0, 0.05) is 42.2 Å². The lowest BCUT2D eigenvalue weighted by Crippen LogP contribution is -2.35. The second-order valence-corrected chi connectivity index (χ2v) is 7.19. The SMILES string of the molecule is CN(Cc1ncon1)C(=O)C1CCc2sc(-c3ccncc3)nc2C1. The molecule has 0 aromatic carbocycles. The second kappa shape index (κ2) is 6.72. The fourth-order valence-electron chi connectivity index (χ4n) is 3.07. The average molecular weight is 355 g/mol. The first-order valence-electron chi connectivity index (χ1n) is 8.10. The molecule has 8 heteroatoms. The van der Waals surface area contributed by atoms with Crippen LogP contribution in [-0.2, 0) is 24.2 Å². The van der Waals surface area contributed by atoms with Gasteiger partial charge in [-0.25, -0.2) is 4.98 Å². The molecule has 0 N–H and O–H groups in total. The summed E-state index contributed by atoms with van der Waals surface area (Å²) in [7, 11) is 1.78. The molecule has 0 spiro atoms. The fraction of sp³-hybridized carbons (Fsp3) is 0.353. The lowest BCUT2D eigenvalue weighted by molar-refractivity contribution is -0.135. The van der Waals surface area contributed by atoms with Crippen LogP contribution in [-0.4, -0.2) is 38.0 Å². The Kier molecular flexibility index (Phi) is 4.27. The van der Waals surface area contributed by atoms with Gasteiger partial charge in [0.15, 0.2) is 5.82 Å². The minimum atomic E-state index is -0.0446. The highest BCUT2D eigenvalue weighted by Gasteiger charge is 2.30. The molecule has 3 heterocycles. The Hall–Kier alpha value is -2.61. The Morgan fingerprint density at radius 3 is 3.00 bits per heavy atom. The van der Waals surface area contributed by atoms with E-state index >= 15 is 0 Å². The molecule has 25 heavy (non-hydrogen) atoms. The van der Waals surface area contributed by atoms with Crippen LogP contribution in [0, 0.1) is 5.92 Å². The molecule has 1 unspecified atom stereocenters. The van der Waals surface area contributed by atoms with Crippen LogP contribution >= 0.6 is 11.3 Å². The number of hydrogen-bond acceptors (Lipinski definition) is 7. The summed E-state index contributed by atoms with van der Waals surface area (Å²) in [6.07, 6.45) is 7.25. The van der Waals surface area contributed by atoms with Gasteiger partial charge in [0.1, 0.15) is 5.01 Å². The van der Waals surface area contributed by atoms with Gasteiger partial charge in [0.05, 0.1) is 12.2 Å². The maximum absolute atomic E-state index is 12.7. The molecule has 1 atom stereocenters. The molecule has 4 rings (SSSR count). The fourth-order valence-corrected chi connectivity index (χ4v) is 4.18. The number of carbonyl (C=O) groups is 1. The lowest BCUT2D eigenvalue weighted by Gasteiger charge is -2.25. The van der Waals surface area contributed by atoms with E-state index in [2.05, 4.69) is 15.1 Å². The Labute approximate surface area is 148 Å². The lowest BCUT2D eigenvalue weighted by atomic mass is 9.90. The van der Waals surface area contributed by atoms with Crippen LogP contribution in [0.1, 0.15) is 22.8 Å². The molecular weight excluding hydrogens is 338 g/mol. The predicted molar refractivity (Wildman–Crippen MR) is 91.6 cm³/mol. The monoisotopic (exact) mass is 355 g/mol. The zero-order chi connectivity index (χ0) is 17.2. The summed E-state index contributed by atoms with van der Waals surface area (Å²) in [4.78, 5) is 28.5. The van der Waals surface area contributed by atoms with Crippen molar-refractivity contribution in [2.75, 3.05) is 7.05 Å². The van der Waals surface area contributed by atoms with Crippen LogP contribution in [0.2, 0.25) is 0 Å². The van der Waals surface area contributed by atoms with E-state index in [0.29, 0.717) is 18.8 Å². The number of carbonyl (C=O) groups excluding carboxylic acids is 1. The van der Waals surface area contributed by atoms with E-state index in [-0.39, 0.29) is 11.8 Å². The van der Waals surface area contributed by atoms with Crippen molar-refractivity contribution in [3.8, 4) is 10.6 Å². The van der Waals surface area contributed by atoms with Gasteiger partial charge in [0.25, 0.3) is 0 Å². The first kappa shape index (κ1) is 15.9. The number of aromatic nitrogens is 4. The zero-order valence-electron chi connectivity index (χ0n) is 13.8. The van der Waals surface area contributed by atoms with Crippen molar-refractivity contribution >= 4 is 17.2 Å². The van der Waals surface area contributed by atoms with Gasteiger partial charge in [-0.1, -0.05) is 5.16 Å². The van der Waals surface area contributed by atoms with E-state index < -0.39 is 0 Å². The van der Waals surface area contributed by atoms with Gasteiger partial charge >= 0.3 is 0 Å². The highest BCUT2D eigenvalue weighted by molar-refractivity contribution is 7.15. The highest BCUT2D eigenvalue weighted by atomic mass is 32.1. The van der Waals surface area contributed by atoms with E-state index in [4.69, 9.17) is 9.51 Å². The number of amides is 1. The van der Waals surface area contributed by atoms with E-state index in [0.717, 1.165) is 29.1 Å². The van der Waals surface area contributed by atoms with Crippen LogP contribution < -0.4 is 0 Å². The van der Waals surface area contributed by atoms with E-state index in [1.54, 1.807) is 35.7 Å². The Balaban J connectivity index is 1.47. The number of fused-ring (bicyclic) bond motifs is 1. The number of hydrogen-bond donors (Lipinski definition) is 0. The van der Waals surface area contributed by atoms with Crippen molar-refractivity contribution in [1.82, 2.24) is 25.0 Å². The quantitative estimate of drug-likeness (QED) is 0.714. The van der Waals surface area contributed by atoms with Gasteiger partial charge in [0.2, 0.25) is 12.3 Å². The van der Waals surface area contributed by atoms with Crippen molar-refractivity contribution in [3.05, 3.63) is 47.3 Å². The first-order chi connectivity index (χ1) is 12.2. The summed E-state index contributed by atoms with van der Waals surface area (Å²) in [5, 5.41) is 4.76. The number of pyridine rings is 1. The summed E-state index contributed by atoms with van der Waals surface area (Å²) in [6, 6.07) is 3.93. The van der Waals surface area contributed by atoms with Crippen molar-refractivity contribution in [1.29, 1.82) is 0 Å². The van der Waals surface area contributed by atoms with E-state index in [1.165, 1.54) is 11.3 Å². The standard InChI is InChI=1S/C17H17N5O2S/c1-22(9-15-19-10-24-21-15)17(23)12-2-3-14-13(8-12)20-16(25-14)11-4-6-18-7-5-11/h4-7,10,12H,2-3,8-9H2,1H3. The molecule has 1 amide bonds. The summed E-state index contributed by atoms with van der Waals surface area (Å²) in [5.41, 5.74) is 2.13. The van der Waals surface area contributed by atoms with Crippen LogP contribution in [0.15, 0.2) is 35.4 Å². The summed E-state index contributed by atoms with van der Waals surface area (Å²) in [5.74, 6) is 0.576. The van der Waals surface area contributed by atoms with E-state index in [9.17, 15) is 4.79 Å². The van der Waals surface area contributed by atoms with Gasteiger partial charge in [-0.3, -0.25) is 9.78 Å². The molecule has 0 radical (unpaired) electrons. The summed E-state index contributed by atoms with van der Waals surface area (Å²) < 4.78 is 4.72. The van der Waals surface area contributed by atoms with E-state index in [1.807, 2.05) is 12.1 Å². The predicted octanol–water partition coefficient (Wildman–Crippen LogP) is 2.35. The normalized spacial score (nSPS) is 16.4. The molecule has 7 nitrogen and oxygen atoms in total. The third-order valence-electron chi connectivity index (χ3n) is 4.38. The molecule has 3 aromatic rings. The molecule has 0 bridgehead atoms. The van der Waals surface area contributed by atoms with Gasteiger partial charge in [-0.2, -0.15) is 4.98 Å². The Bertz CT molecular complexity index is 863. The first-order valence-corrected chi connectivity index (χ1v) is 8.91. The Morgan fingerprint density at radius 1 is 1.40 bits per heavy atom. The van der Waals surface area contributed by atoms with Gasteiger partial charge in [-0.05, 0) is 25.0 Å². The summed E-state index contributed by atoms with van der Waals surface area (Å²) in [6.45, 7) is 0.359. The minimum absolute atomic E-state index is 0.0446. The van der Waals surface area contributed by atoms with Crippen LogP contribution in [0.3, 0.4) is 0 Å². The van der Waals surface area contributed by atoms with Gasteiger partial charge < -0.3 is 9.42 Å². The maximum atomic E-state index is 12.7. The molecule has 1 aliphatic rings.